The number of hydrogen-bond donors (Lipinski definition) is 0. The van der Waals surface area contributed by atoms with Gasteiger partial charge in [-0.25, -0.2) is 0 Å². The largest absolute Gasteiger partial charge is 0.333 e. The van der Waals surface area contributed by atoms with Gasteiger partial charge < -0.3 is 9.80 Å². The maximum Gasteiger partial charge on any atom is 0.267 e. The van der Waals surface area contributed by atoms with E-state index >= 15 is 0 Å². The van der Waals surface area contributed by atoms with Gasteiger partial charge in [-0.3, -0.25) is 4.79 Å². The summed E-state index contributed by atoms with van der Waals surface area (Å²) in [6.07, 6.45) is 1.06. The van der Waals surface area contributed by atoms with Crippen molar-refractivity contribution in [1.82, 2.24) is 19.4 Å². The number of amides is 1. The van der Waals surface area contributed by atoms with Crippen molar-refractivity contribution in [1.29, 1.82) is 0 Å². The van der Waals surface area contributed by atoms with E-state index in [1.165, 1.54) is 11.5 Å². The third-order valence-corrected chi connectivity index (χ3v) is 5.13. The molecule has 2 heterocycles. The lowest BCUT2D eigenvalue weighted by Gasteiger charge is -2.31. The molecule has 5 nitrogen and oxygen atoms in total. The molecule has 1 atom stereocenters. The monoisotopic (exact) mass is 300 g/mol. The topological polar surface area (TPSA) is 49.3 Å². The third-order valence-electron chi connectivity index (χ3n) is 3.12. The first-order valence-corrected chi connectivity index (χ1v) is 8.35. The number of carbonyl (C=O) groups excluding carboxylic acids is 1. The minimum atomic E-state index is 0.0989. The fourth-order valence-corrected chi connectivity index (χ4v) is 3.90. The van der Waals surface area contributed by atoms with E-state index in [0.29, 0.717) is 4.88 Å². The lowest BCUT2D eigenvalue weighted by molar-refractivity contribution is 0.0679. The van der Waals surface area contributed by atoms with Crippen LogP contribution in [0.2, 0.25) is 0 Å². The van der Waals surface area contributed by atoms with Crippen molar-refractivity contribution in [3.8, 4) is 0 Å². The smallest absolute Gasteiger partial charge is 0.267 e. The Morgan fingerprint density at radius 1 is 1.53 bits per heavy atom. The lowest BCUT2D eigenvalue weighted by atomic mass is 10.2. The Morgan fingerprint density at radius 2 is 2.32 bits per heavy atom. The Bertz CT molecular complexity index is 435. The highest BCUT2D eigenvalue weighted by atomic mass is 32.2. The average molecular weight is 300 g/mol. The van der Waals surface area contributed by atoms with Gasteiger partial charge in [0.2, 0.25) is 0 Å². The number of rotatable bonds is 3. The second kappa shape index (κ2) is 6.67. The van der Waals surface area contributed by atoms with Gasteiger partial charge in [-0.05, 0) is 44.7 Å². The number of carbonyl (C=O) groups is 1. The standard InChI is InChI=1S/C12H20N4OS2/c1-9-11(19-14-13-9)12(17)16-5-4-6-18-8-10(16)7-15(2)3/h10H,4-8H2,1-3H3. The Morgan fingerprint density at radius 3 is 2.95 bits per heavy atom. The molecule has 7 heteroatoms. The summed E-state index contributed by atoms with van der Waals surface area (Å²) in [4.78, 5) is 17.5. The lowest BCUT2D eigenvalue weighted by Crippen LogP contribution is -2.46. The molecule has 1 saturated heterocycles. The molecule has 1 amide bonds. The van der Waals surface area contributed by atoms with Gasteiger partial charge in [0.05, 0.1) is 11.7 Å². The molecular formula is C12H20N4OS2. The fourth-order valence-electron chi connectivity index (χ4n) is 2.23. The van der Waals surface area contributed by atoms with Crippen LogP contribution in [-0.2, 0) is 0 Å². The highest BCUT2D eigenvalue weighted by Crippen LogP contribution is 2.21. The molecule has 2 rings (SSSR count). The molecule has 19 heavy (non-hydrogen) atoms. The molecule has 0 aliphatic carbocycles. The van der Waals surface area contributed by atoms with E-state index in [1.807, 2.05) is 23.6 Å². The first kappa shape index (κ1) is 14.7. The number of aryl methyl sites for hydroxylation is 1. The highest BCUT2D eigenvalue weighted by Gasteiger charge is 2.29. The minimum Gasteiger partial charge on any atom is -0.333 e. The van der Waals surface area contributed by atoms with E-state index in [4.69, 9.17) is 0 Å². The molecule has 106 valence electrons. The molecule has 1 aromatic heterocycles. The molecule has 1 fully saturated rings. The van der Waals surface area contributed by atoms with Crippen molar-refractivity contribution in [3.05, 3.63) is 10.6 Å². The van der Waals surface area contributed by atoms with Gasteiger partial charge in [0.25, 0.3) is 5.91 Å². The van der Waals surface area contributed by atoms with Crippen molar-refractivity contribution >= 4 is 29.2 Å². The van der Waals surface area contributed by atoms with E-state index < -0.39 is 0 Å². The van der Waals surface area contributed by atoms with Gasteiger partial charge >= 0.3 is 0 Å². The van der Waals surface area contributed by atoms with E-state index in [9.17, 15) is 4.79 Å². The van der Waals surface area contributed by atoms with Crippen molar-refractivity contribution in [2.24, 2.45) is 0 Å². The molecule has 1 aliphatic heterocycles. The van der Waals surface area contributed by atoms with Gasteiger partial charge in [-0.2, -0.15) is 11.8 Å². The van der Waals surface area contributed by atoms with Crippen LogP contribution in [0.1, 0.15) is 21.8 Å². The quantitative estimate of drug-likeness (QED) is 0.843. The van der Waals surface area contributed by atoms with Crippen molar-refractivity contribution in [2.75, 3.05) is 38.7 Å². The van der Waals surface area contributed by atoms with Crippen molar-refractivity contribution < 1.29 is 4.79 Å². The number of aromatic nitrogens is 2. The van der Waals surface area contributed by atoms with Crippen LogP contribution in [0.15, 0.2) is 0 Å². The van der Waals surface area contributed by atoms with E-state index in [2.05, 4.69) is 28.6 Å². The number of likely N-dealkylation sites (N-methyl/N-ethyl adjacent to an activating group) is 1. The van der Waals surface area contributed by atoms with Crippen LogP contribution in [0.4, 0.5) is 0 Å². The summed E-state index contributed by atoms with van der Waals surface area (Å²) in [5, 5.41) is 3.95. The molecule has 0 spiro atoms. The zero-order chi connectivity index (χ0) is 13.8. The van der Waals surface area contributed by atoms with Crippen LogP contribution in [-0.4, -0.2) is 70.0 Å². The summed E-state index contributed by atoms with van der Waals surface area (Å²) in [6, 6.07) is 0.275. The first-order valence-electron chi connectivity index (χ1n) is 6.42. The molecule has 0 aromatic carbocycles. The van der Waals surface area contributed by atoms with Crippen LogP contribution < -0.4 is 0 Å². The maximum atomic E-state index is 12.7. The predicted octanol–water partition coefficient (Wildman–Crippen LogP) is 1.36. The molecule has 0 N–H and O–H groups in total. The molecular weight excluding hydrogens is 280 g/mol. The number of nitrogens with zero attached hydrogens (tertiary/aromatic N) is 4. The van der Waals surface area contributed by atoms with Gasteiger partial charge in [-0.1, -0.05) is 4.49 Å². The minimum absolute atomic E-state index is 0.0989. The normalized spacial score (nSPS) is 20.6. The maximum absolute atomic E-state index is 12.7. The highest BCUT2D eigenvalue weighted by molar-refractivity contribution is 7.99. The molecule has 0 radical (unpaired) electrons. The fraction of sp³-hybridized carbons (Fsp3) is 0.750. The van der Waals surface area contributed by atoms with E-state index in [1.54, 1.807) is 0 Å². The Kier molecular flexibility index (Phi) is 5.18. The Hall–Kier alpha value is -0.660. The van der Waals surface area contributed by atoms with Gasteiger partial charge in [0, 0.05) is 18.8 Å². The van der Waals surface area contributed by atoms with E-state index in [0.717, 1.165) is 36.7 Å². The van der Waals surface area contributed by atoms with E-state index in [-0.39, 0.29) is 11.9 Å². The Balaban J connectivity index is 2.17. The van der Waals surface area contributed by atoms with Crippen LogP contribution in [0.25, 0.3) is 0 Å². The van der Waals surface area contributed by atoms with Crippen molar-refractivity contribution in [3.63, 3.8) is 0 Å². The molecule has 1 aromatic rings. The van der Waals surface area contributed by atoms with Crippen LogP contribution in [0.3, 0.4) is 0 Å². The molecule has 0 saturated carbocycles. The van der Waals surface area contributed by atoms with Gasteiger partial charge in [0.1, 0.15) is 4.88 Å². The van der Waals surface area contributed by atoms with Crippen LogP contribution >= 0.6 is 23.3 Å². The van der Waals surface area contributed by atoms with Gasteiger partial charge in [-0.15, -0.1) is 5.10 Å². The Labute approximate surface area is 122 Å². The zero-order valence-electron chi connectivity index (χ0n) is 11.6. The first-order chi connectivity index (χ1) is 9.09. The second-order valence-corrected chi connectivity index (χ2v) is 6.93. The molecule has 1 aliphatic rings. The van der Waals surface area contributed by atoms with Crippen molar-refractivity contribution in [2.45, 2.75) is 19.4 Å². The number of thioether (sulfide) groups is 1. The summed E-state index contributed by atoms with van der Waals surface area (Å²) >= 11 is 3.15. The summed E-state index contributed by atoms with van der Waals surface area (Å²) in [5.74, 6) is 2.24. The summed E-state index contributed by atoms with van der Waals surface area (Å²) in [6.45, 7) is 3.59. The summed E-state index contributed by atoms with van der Waals surface area (Å²) < 4.78 is 3.88. The molecule has 0 bridgehead atoms. The molecule has 1 unspecified atom stereocenters. The summed E-state index contributed by atoms with van der Waals surface area (Å²) in [7, 11) is 4.11. The van der Waals surface area contributed by atoms with Crippen LogP contribution in [0.5, 0.6) is 0 Å². The van der Waals surface area contributed by atoms with Gasteiger partial charge in [0.15, 0.2) is 0 Å². The van der Waals surface area contributed by atoms with Crippen LogP contribution in [0, 0.1) is 6.92 Å². The zero-order valence-corrected chi connectivity index (χ0v) is 13.3. The SMILES string of the molecule is Cc1nnsc1C(=O)N1CCCSCC1CN(C)C. The average Bonchev–Trinajstić information content (AvgIpc) is 2.64. The number of hydrogen-bond acceptors (Lipinski definition) is 6. The third kappa shape index (κ3) is 3.67. The second-order valence-electron chi connectivity index (χ2n) is 5.03. The summed E-state index contributed by atoms with van der Waals surface area (Å²) in [5.41, 5.74) is 0.746. The predicted molar refractivity (Wildman–Crippen MR) is 80.0 cm³/mol.